The fourth-order valence-corrected chi connectivity index (χ4v) is 9.38. The van der Waals surface area contributed by atoms with Crippen molar-refractivity contribution >= 4 is 11.6 Å². The Morgan fingerprint density at radius 2 is 1.97 bits per heavy atom. The second kappa shape index (κ2) is 7.83. The van der Waals surface area contributed by atoms with Gasteiger partial charge in [0.25, 0.3) is 0 Å². The smallest absolute Gasteiger partial charge is 0.193 e. The van der Waals surface area contributed by atoms with Crippen LogP contribution in [0.3, 0.4) is 0 Å². The standard InChI is InChI=1S/C28H38O6/c1-26-10-9-18(30)12-17(26)7-8-19-20-13-23-28(22(32)15-29,27(20,2)14-21(31)25(19)26)34-24(33-23)11-16-5-3-4-6-16/h9-10,12,16,19-21,23-25,29,31H,3-8,11,13-15H2,1-2H3/t19-,20-,21-,23+,24?,25+,26-,27-,28+/m0/s1. The number of ketones is 2. The van der Waals surface area contributed by atoms with Gasteiger partial charge in [-0.2, -0.15) is 0 Å². The molecule has 4 saturated carbocycles. The molecule has 5 aliphatic carbocycles. The molecule has 5 fully saturated rings. The summed E-state index contributed by atoms with van der Waals surface area (Å²) < 4.78 is 13.1. The molecule has 0 radical (unpaired) electrons. The van der Waals surface area contributed by atoms with Gasteiger partial charge in [0, 0.05) is 23.2 Å². The maximum Gasteiger partial charge on any atom is 0.193 e. The van der Waals surface area contributed by atoms with Gasteiger partial charge in [-0.05, 0) is 55.6 Å². The molecule has 9 atom stereocenters. The third-order valence-electron chi connectivity index (χ3n) is 10.8. The summed E-state index contributed by atoms with van der Waals surface area (Å²) in [5, 5.41) is 21.7. The summed E-state index contributed by atoms with van der Waals surface area (Å²) in [4.78, 5) is 25.5. The summed E-state index contributed by atoms with van der Waals surface area (Å²) in [6.07, 6.45) is 12.5. The SMILES string of the molecule is C[C@]12C=CC(=O)C=C1CC[C@@H]1[C@@H]2[C@@H](O)C[C@@]2(C)[C@H]1C[C@H]1OC(CC3CCCC3)O[C@]12C(=O)CO. The minimum atomic E-state index is -1.20. The van der Waals surface area contributed by atoms with E-state index in [0.29, 0.717) is 12.3 Å². The molecule has 34 heavy (non-hydrogen) atoms. The molecule has 6 nitrogen and oxygen atoms in total. The van der Waals surface area contributed by atoms with Crippen molar-refractivity contribution < 1.29 is 29.3 Å². The van der Waals surface area contributed by atoms with E-state index in [-0.39, 0.29) is 40.8 Å². The summed E-state index contributed by atoms with van der Waals surface area (Å²) in [5.41, 5.74) is -1.03. The number of hydrogen-bond donors (Lipinski definition) is 2. The van der Waals surface area contributed by atoms with Crippen LogP contribution in [-0.2, 0) is 19.1 Å². The van der Waals surface area contributed by atoms with E-state index in [0.717, 1.165) is 31.3 Å². The lowest BCUT2D eigenvalue weighted by Crippen LogP contribution is -2.63. The lowest BCUT2D eigenvalue weighted by atomic mass is 9.46. The Morgan fingerprint density at radius 3 is 2.71 bits per heavy atom. The molecule has 1 saturated heterocycles. The van der Waals surface area contributed by atoms with Crippen LogP contribution in [-0.4, -0.2) is 52.5 Å². The topological polar surface area (TPSA) is 93.1 Å². The predicted octanol–water partition coefficient (Wildman–Crippen LogP) is 3.50. The van der Waals surface area contributed by atoms with Crippen LogP contribution in [0.25, 0.3) is 0 Å². The number of fused-ring (bicyclic) bond motifs is 7. The first kappa shape index (κ1) is 23.1. The van der Waals surface area contributed by atoms with Crippen LogP contribution in [0.15, 0.2) is 23.8 Å². The molecule has 6 aliphatic rings. The molecule has 0 aromatic rings. The van der Waals surface area contributed by atoms with Crippen LogP contribution in [0.1, 0.15) is 71.6 Å². The van der Waals surface area contributed by atoms with Crippen molar-refractivity contribution in [2.45, 2.75) is 95.7 Å². The van der Waals surface area contributed by atoms with Gasteiger partial charge in [-0.15, -0.1) is 0 Å². The summed E-state index contributed by atoms with van der Waals surface area (Å²) in [6.45, 7) is 3.68. The van der Waals surface area contributed by atoms with Crippen molar-refractivity contribution in [3.63, 3.8) is 0 Å². The van der Waals surface area contributed by atoms with E-state index in [4.69, 9.17) is 9.47 Å². The molecule has 0 spiro atoms. The highest BCUT2D eigenvalue weighted by molar-refractivity contribution is 6.01. The lowest BCUT2D eigenvalue weighted by Gasteiger charge is -2.59. The molecular weight excluding hydrogens is 432 g/mol. The summed E-state index contributed by atoms with van der Waals surface area (Å²) in [6, 6.07) is 0. The first-order valence-electron chi connectivity index (χ1n) is 13.3. The van der Waals surface area contributed by atoms with E-state index in [9.17, 15) is 19.8 Å². The Balaban J connectivity index is 1.35. The molecule has 0 amide bonds. The molecule has 1 aliphatic heterocycles. The largest absolute Gasteiger partial charge is 0.393 e. The van der Waals surface area contributed by atoms with Crippen LogP contribution in [0.5, 0.6) is 0 Å². The van der Waals surface area contributed by atoms with Crippen molar-refractivity contribution in [3.05, 3.63) is 23.8 Å². The molecule has 0 bridgehead atoms. The van der Waals surface area contributed by atoms with Gasteiger partial charge in [0.15, 0.2) is 23.5 Å². The number of carbonyl (C=O) groups excluding carboxylic acids is 2. The second-order valence-electron chi connectivity index (χ2n) is 12.3. The van der Waals surface area contributed by atoms with Gasteiger partial charge in [-0.1, -0.05) is 51.2 Å². The van der Waals surface area contributed by atoms with Crippen LogP contribution >= 0.6 is 0 Å². The molecule has 1 unspecified atom stereocenters. The maximum absolute atomic E-state index is 13.5. The van der Waals surface area contributed by atoms with Gasteiger partial charge in [0.2, 0.25) is 0 Å². The van der Waals surface area contributed by atoms with Crippen molar-refractivity contribution in [3.8, 4) is 0 Å². The maximum atomic E-state index is 13.5. The van der Waals surface area contributed by atoms with Gasteiger partial charge in [-0.3, -0.25) is 9.59 Å². The Hall–Kier alpha value is -1.34. The number of Topliss-reactive ketones (excluding diaryl/α,β-unsaturated/α-hetero) is 1. The van der Waals surface area contributed by atoms with E-state index >= 15 is 0 Å². The number of rotatable bonds is 4. The Bertz CT molecular complexity index is 949. The first-order valence-corrected chi connectivity index (χ1v) is 13.3. The van der Waals surface area contributed by atoms with Crippen molar-refractivity contribution in [1.82, 2.24) is 0 Å². The van der Waals surface area contributed by atoms with Gasteiger partial charge in [0.1, 0.15) is 6.61 Å². The number of aliphatic hydroxyl groups is 2. The molecule has 1 heterocycles. The van der Waals surface area contributed by atoms with Gasteiger partial charge < -0.3 is 19.7 Å². The van der Waals surface area contributed by atoms with Gasteiger partial charge in [-0.25, -0.2) is 0 Å². The molecule has 0 aromatic carbocycles. The number of allylic oxidation sites excluding steroid dienone is 4. The monoisotopic (exact) mass is 470 g/mol. The molecule has 0 aromatic heterocycles. The van der Waals surface area contributed by atoms with Gasteiger partial charge >= 0.3 is 0 Å². The number of carbonyl (C=O) groups is 2. The number of ether oxygens (including phenoxy) is 2. The minimum Gasteiger partial charge on any atom is -0.393 e. The molecule has 6 rings (SSSR count). The number of aliphatic hydroxyl groups excluding tert-OH is 2. The summed E-state index contributed by atoms with van der Waals surface area (Å²) in [5.74, 6) is 0.636. The van der Waals surface area contributed by atoms with Crippen molar-refractivity contribution in [2.24, 2.45) is 34.5 Å². The van der Waals surface area contributed by atoms with E-state index in [2.05, 4.69) is 13.8 Å². The molecular formula is C28H38O6. The minimum absolute atomic E-state index is 0.00989. The third kappa shape index (κ3) is 2.95. The van der Waals surface area contributed by atoms with E-state index in [1.54, 1.807) is 12.2 Å². The van der Waals surface area contributed by atoms with Crippen LogP contribution in [0.2, 0.25) is 0 Å². The van der Waals surface area contributed by atoms with Crippen LogP contribution in [0.4, 0.5) is 0 Å². The van der Waals surface area contributed by atoms with E-state index < -0.39 is 30.0 Å². The average Bonchev–Trinajstić information content (AvgIpc) is 3.49. The second-order valence-corrected chi connectivity index (χ2v) is 12.3. The van der Waals surface area contributed by atoms with Gasteiger partial charge in [0.05, 0.1) is 12.2 Å². The quantitative estimate of drug-likeness (QED) is 0.653. The zero-order valence-corrected chi connectivity index (χ0v) is 20.4. The predicted molar refractivity (Wildman–Crippen MR) is 125 cm³/mol. The summed E-state index contributed by atoms with van der Waals surface area (Å²) in [7, 11) is 0. The highest BCUT2D eigenvalue weighted by atomic mass is 16.7. The molecule has 186 valence electrons. The van der Waals surface area contributed by atoms with Crippen LogP contribution < -0.4 is 0 Å². The molecule has 6 heteroatoms. The van der Waals surface area contributed by atoms with Crippen molar-refractivity contribution in [2.75, 3.05) is 6.61 Å². The molecule has 2 N–H and O–H groups in total. The Labute approximate surface area is 201 Å². The highest BCUT2D eigenvalue weighted by Crippen LogP contribution is 2.69. The van der Waals surface area contributed by atoms with Crippen LogP contribution in [0, 0.1) is 34.5 Å². The fourth-order valence-electron chi connectivity index (χ4n) is 9.38. The Morgan fingerprint density at radius 1 is 1.21 bits per heavy atom. The lowest BCUT2D eigenvalue weighted by molar-refractivity contribution is -0.201. The highest BCUT2D eigenvalue weighted by Gasteiger charge is 2.75. The average molecular weight is 471 g/mol. The number of hydrogen-bond acceptors (Lipinski definition) is 6. The normalized spacial score (nSPS) is 49.9. The van der Waals surface area contributed by atoms with Crippen molar-refractivity contribution in [1.29, 1.82) is 0 Å². The zero-order valence-electron chi connectivity index (χ0n) is 20.4. The third-order valence-corrected chi connectivity index (χ3v) is 10.8. The zero-order chi connectivity index (χ0) is 23.9. The Kier molecular flexibility index (Phi) is 5.31. The first-order chi connectivity index (χ1) is 16.2. The fraction of sp³-hybridized carbons (Fsp3) is 0.786. The van der Waals surface area contributed by atoms with E-state index in [1.165, 1.54) is 25.7 Å². The summed E-state index contributed by atoms with van der Waals surface area (Å²) >= 11 is 0. The van der Waals surface area contributed by atoms with E-state index in [1.807, 2.05) is 6.08 Å².